The molecule has 1 heterocycles. The van der Waals surface area contributed by atoms with E-state index in [4.69, 9.17) is 0 Å². The van der Waals surface area contributed by atoms with Crippen LogP contribution in [0.5, 0.6) is 0 Å². The van der Waals surface area contributed by atoms with Crippen LogP contribution in [0.4, 0.5) is 0 Å². The van der Waals surface area contributed by atoms with Gasteiger partial charge in [0.1, 0.15) is 0 Å². The summed E-state index contributed by atoms with van der Waals surface area (Å²) >= 11 is 0. The second-order valence-corrected chi connectivity index (χ2v) is 5.61. The summed E-state index contributed by atoms with van der Waals surface area (Å²) in [6.07, 6.45) is 7.02. The molecule has 96 valence electrons. The summed E-state index contributed by atoms with van der Waals surface area (Å²) in [5.74, 6) is 0.716. The zero-order chi connectivity index (χ0) is 12.4. The maximum Gasteiger partial charge on any atom is 0.225 e. The molecule has 0 bridgehead atoms. The van der Waals surface area contributed by atoms with Gasteiger partial charge in [0.25, 0.3) is 0 Å². The fourth-order valence-corrected chi connectivity index (χ4v) is 3.29. The molecule has 0 spiro atoms. The highest BCUT2D eigenvalue weighted by Gasteiger charge is 2.27. The molecule has 1 amide bonds. The van der Waals surface area contributed by atoms with Gasteiger partial charge in [0, 0.05) is 19.0 Å². The van der Waals surface area contributed by atoms with Crippen molar-refractivity contribution in [2.24, 2.45) is 5.92 Å². The van der Waals surface area contributed by atoms with Crippen LogP contribution >= 0.6 is 0 Å². The van der Waals surface area contributed by atoms with E-state index in [1.807, 2.05) is 0 Å². The number of amides is 1. The summed E-state index contributed by atoms with van der Waals surface area (Å²) in [6, 6.07) is 8.53. The topological polar surface area (TPSA) is 20.3 Å². The third-order valence-electron chi connectivity index (χ3n) is 4.40. The van der Waals surface area contributed by atoms with Crippen LogP contribution in [0.2, 0.25) is 0 Å². The molecule has 0 saturated heterocycles. The van der Waals surface area contributed by atoms with Crippen molar-refractivity contribution in [3.63, 3.8) is 0 Å². The van der Waals surface area contributed by atoms with Gasteiger partial charge in [-0.3, -0.25) is 4.79 Å². The molecule has 1 aliphatic heterocycles. The van der Waals surface area contributed by atoms with Crippen molar-refractivity contribution in [2.75, 3.05) is 6.54 Å². The van der Waals surface area contributed by atoms with Gasteiger partial charge in [-0.1, -0.05) is 43.5 Å². The number of carbonyl (C=O) groups excluding carboxylic acids is 1. The molecule has 18 heavy (non-hydrogen) atoms. The lowest BCUT2D eigenvalue weighted by molar-refractivity contribution is -0.137. The summed E-state index contributed by atoms with van der Waals surface area (Å²) in [5.41, 5.74) is 2.76. The van der Waals surface area contributed by atoms with E-state index in [9.17, 15) is 4.79 Å². The zero-order valence-electron chi connectivity index (χ0n) is 10.9. The maximum absolute atomic E-state index is 12.5. The first-order chi connectivity index (χ1) is 8.84. The van der Waals surface area contributed by atoms with Crippen molar-refractivity contribution in [1.29, 1.82) is 0 Å². The van der Waals surface area contributed by atoms with Crippen LogP contribution in [0.25, 0.3) is 0 Å². The first kappa shape index (κ1) is 11.8. The molecule has 2 nitrogen and oxygen atoms in total. The summed E-state index contributed by atoms with van der Waals surface area (Å²) in [5, 5.41) is 0. The monoisotopic (exact) mass is 243 g/mol. The largest absolute Gasteiger partial charge is 0.338 e. The average Bonchev–Trinajstić information content (AvgIpc) is 2.47. The van der Waals surface area contributed by atoms with E-state index in [-0.39, 0.29) is 0 Å². The quantitative estimate of drug-likeness (QED) is 0.742. The lowest BCUT2D eigenvalue weighted by Crippen LogP contribution is -2.40. The molecular formula is C16H21NO. The zero-order valence-corrected chi connectivity index (χ0v) is 10.9. The van der Waals surface area contributed by atoms with Crippen LogP contribution in [-0.4, -0.2) is 17.4 Å². The van der Waals surface area contributed by atoms with Crippen LogP contribution in [-0.2, 0) is 17.8 Å². The van der Waals surface area contributed by atoms with E-state index in [1.165, 1.54) is 30.4 Å². The Morgan fingerprint density at radius 3 is 2.56 bits per heavy atom. The van der Waals surface area contributed by atoms with Crippen molar-refractivity contribution in [2.45, 2.75) is 45.1 Å². The molecule has 0 N–H and O–H groups in total. The molecule has 2 heteroatoms. The predicted molar refractivity (Wildman–Crippen MR) is 72.1 cm³/mol. The maximum atomic E-state index is 12.5. The van der Waals surface area contributed by atoms with Gasteiger partial charge in [-0.15, -0.1) is 0 Å². The Morgan fingerprint density at radius 1 is 1.06 bits per heavy atom. The van der Waals surface area contributed by atoms with Crippen molar-refractivity contribution < 1.29 is 4.79 Å². The summed E-state index contributed by atoms with van der Waals surface area (Å²) in [4.78, 5) is 14.6. The summed E-state index contributed by atoms with van der Waals surface area (Å²) in [6.45, 7) is 1.73. The van der Waals surface area contributed by atoms with Crippen LogP contribution in [0.1, 0.15) is 43.2 Å². The molecule has 1 aliphatic carbocycles. The van der Waals surface area contributed by atoms with Gasteiger partial charge >= 0.3 is 0 Å². The fourth-order valence-electron chi connectivity index (χ4n) is 3.29. The highest BCUT2D eigenvalue weighted by molar-refractivity contribution is 5.79. The third kappa shape index (κ3) is 2.29. The number of carbonyl (C=O) groups is 1. The molecule has 1 saturated carbocycles. The van der Waals surface area contributed by atoms with Gasteiger partial charge in [0.2, 0.25) is 5.91 Å². The molecule has 0 atom stereocenters. The number of nitrogens with zero attached hydrogens (tertiary/aromatic N) is 1. The molecule has 0 unspecified atom stereocenters. The number of hydrogen-bond acceptors (Lipinski definition) is 1. The lowest BCUT2D eigenvalue weighted by Gasteiger charge is -2.33. The Labute approximate surface area is 109 Å². The second kappa shape index (κ2) is 5.13. The smallest absolute Gasteiger partial charge is 0.225 e. The number of fused-ring (bicyclic) bond motifs is 1. The Kier molecular flexibility index (Phi) is 3.35. The minimum absolute atomic E-state index is 0.309. The van der Waals surface area contributed by atoms with E-state index < -0.39 is 0 Å². The van der Waals surface area contributed by atoms with Crippen LogP contribution < -0.4 is 0 Å². The van der Waals surface area contributed by atoms with Crippen LogP contribution in [0.3, 0.4) is 0 Å². The first-order valence-corrected chi connectivity index (χ1v) is 7.20. The number of rotatable bonds is 1. The highest BCUT2D eigenvalue weighted by Crippen LogP contribution is 2.27. The summed E-state index contributed by atoms with van der Waals surface area (Å²) < 4.78 is 0. The van der Waals surface area contributed by atoms with Crippen LogP contribution in [0.15, 0.2) is 24.3 Å². The minimum Gasteiger partial charge on any atom is -0.338 e. The van der Waals surface area contributed by atoms with Gasteiger partial charge in [-0.2, -0.15) is 0 Å². The van der Waals surface area contributed by atoms with Crippen LogP contribution in [0, 0.1) is 5.92 Å². The molecule has 2 aliphatic rings. The molecule has 0 radical (unpaired) electrons. The average molecular weight is 243 g/mol. The van der Waals surface area contributed by atoms with Gasteiger partial charge in [-0.25, -0.2) is 0 Å². The Balaban J connectivity index is 1.69. The first-order valence-electron chi connectivity index (χ1n) is 7.20. The van der Waals surface area contributed by atoms with E-state index >= 15 is 0 Å². The van der Waals surface area contributed by atoms with Gasteiger partial charge in [0.15, 0.2) is 0 Å². The molecule has 1 aromatic carbocycles. The van der Waals surface area contributed by atoms with E-state index in [1.54, 1.807) is 0 Å². The second-order valence-electron chi connectivity index (χ2n) is 5.61. The van der Waals surface area contributed by atoms with Crippen molar-refractivity contribution >= 4 is 5.91 Å². The van der Waals surface area contributed by atoms with E-state index in [0.29, 0.717) is 11.8 Å². The predicted octanol–water partition coefficient (Wildman–Crippen LogP) is 3.15. The third-order valence-corrected chi connectivity index (χ3v) is 4.40. The Morgan fingerprint density at radius 2 is 1.78 bits per heavy atom. The van der Waals surface area contributed by atoms with Crippen molar-refractivity contribution in [3.05, 3.63) is 35.4 Å². The molecule has 0 aromatic heterocycles. The van der Waals surface area contributed by atoms with Crippen molar-refractivity contribution in [1.82, 2.24) is 4.90 Å². The number of benzene rings is 1. The number of hydrogen-bond donors (Lipinski definition) is 0. The standard InChI is InChI=1S/C16H21NO/c18-16(14-7-2-1-3-8-14)17-11-10-13-6-4-5-9-15(13)12-17/h4-6,9,14H,1-3,7-8,10-12H2. The Bertz CT molecular complexity index is 434. The van der Waals surface area contributed by atoms with Gasteiger partial charge < -0.3 is 4.90 Å². The molecule has 1 fully saturated rings. The van der Waals surface area contributed by atoms with E-state index in [2.05, 4.69) is 29.2 Å². The van der Waals surface area contributed by atoms with E-state index in [0.717, 1.165) is 32.4 Å². The van der Waals surface area contributed by atoms with Gasteiger partial charge in [-0.05, 0) is 30.4 Å². The lowest BCUT2D eigenvalue weighted by atomic mass is 9.87. The fraction of sp³-hybridized carbons (Fsp3) is 0.562. The molecular weight excluding hydrogens is 222 g/mol. The minimum atomic E-state index is 0.309. The molecule has 3 rings (SSSR count). The Hall–Kier alpha value is -1.31. The highest BCUT2D eigenvalue weighted by atomic mass is 16.2. The van der Waals surface area contributed by atoms with Gasteiger partial charge in [0.05, 0.1) is 0 Å². The van der Waals surface area contributed by atoms with Crippen molar-refractivity contribution in [3.8, 4) is 0 Å². The SMILES string of the molecule is O=C(C1CCCCC1)N1CCc2ccccc2C1. The summed E-state index contributed by atoms with van der Waals surface area (Å²) in [7, 11) is 0. The molecule has 1 aromatic rings. The normalized spacial score (nSPS) is 20.6.